The molecule has 0 bridgehead atoms. The minimum atomic E-state index is -0.896. The molecule has 0 atom stereocenters. The van der Waals surface area contributed by atoms with Gasteiger partial charge in [-0.15, -0.1) is 0 Å². The Morgan fingerprint density at radius 1 is 1.43 bits per heavy atom. The summed E-state index contributed by atoms with van der Waals surface area (Å²) in [4.78, 5) is 0. The zero-order valence-corrected chi connectivity index (χ0v) is 9.03. The SMILES string of the molecule is CC(C)(O)C(C)(C)O[B]c1cn[nH]c1. The largest absolute Gasteiger partial charge is 0.427 e. The molecular weight excluding hydrogens is 179 g/mol. The summed E-state index contributed by atoms with van der Waals surface area (Å²) >= 11 is 0. The van der Waals surface area contributed by atoms with E-state index in [9.17, 15) is 5.11 Å². The molecule has 5 heteroatoms. The summed E-state index contributed by atoms with van der Waals surface area (Å²) in [5.41, 5.74) is -0.681. The van der Waals surface area contributed by atoms with Gasteiger partial charge >= 0.3 is 7.48 Å². The van der Waals surface area contributed by atoms with Gasteiger partial charge < -0.3 is 9.76 Å². The van der Waals surface area contributed by atoms with Crippen LogP contribution in [-0.2, 0) is 4.65 Å². The van der Waals surface area contributed by atoms with Crippen molar-refractivity contribution < 1.29 is 9.76 Å². The van der Waals surface area contributed by atoms with E-state index in [2.05, 4.69) is 10.2 Å². The van der Waals surface area contributed by atoms with Crippen LogP contribution in [0.15, 0.2) is 12.4 Å². The van der Waals surface area contributed by atoms with Gasteiger partial charge in [-0.05, 0) is 33.2 Å². The molecule has 0 spiro atoms. The fraction of sp³-hybridized carbons (Fsp3) is 0.667. The maximum atomic E-state index is 9.81. The van der Waals surface area contributed by atoms with E-state index >= 15 is 0 Å². The lowest BCUT2D eigenvalue weighted by atomic mass is 9.84. The predicted molar refractivity (Wildman–Crippen MR) is 55.4 cm³/mol. The Morgan fingerprint density at radius 3 is 2.50 bits per heavy atom. The van der Waals surface area contributed by atoms with Crippen molar-refractivity contribution in [2.75, 3.05) is 0 Å². The molecule has 2 N–H and O–H groups in total. The van der Waals surface area contributed by atoms with Gasteiger partial charge in [-0.3, -0.25) is 5.10 Å². The summed E-state index contributed by atoms with van der Waals surface area (Å²) in [5, 5.41) is 16.3. The van der Waals surface area contributed by atoms with Crippen LogP contribution in [-0.4, -0.2) is 34.0 Å². The standard InChI is InChI=1S/C9H16BN2O2/c1-8(2,13)9(3,4)14-10-7-5-11-12-6-7/h5-6,13H,1-4H3,(H,11,12). The highest BCUT2D eigenvalue weighted by molar-refractivity contribution is 6.46. The molecule has 14 heavy (non-hydrogen) atoms. The van der Waals surface area contributed by atoms with E-state index in [0.29, 0.717) is 0 Å². The lowest BCUT2D eigenvalue weighted by Gasteiger charge is -2.37. The normalized spacial score (nSPS) is 12.9. The Balaban J connectivity index is 2.53. The molecule has 0 unspecified atom stereocenters. The molecule has 0 aliphatic heterocycles. The van der Waals surface area contributed by atoms with E-state index < -0.39 is 11.2 Å². The van der Waals surface area contributed by atoms with Crippen LogP contribution < -0.4 is 5.46 Å². The van der Waals surface area contributed by atoms with Crippen LogP contribution >= 0.6 is 0 Å². The number of hydrogen-bond acceptors (Lipinski definition) is 3. The van der Waals surface area contributed by atoms with E-state index in [1.165, 1.54) is 0 Å². The monoisotopic (exact) mass is 195 g/mol. The summed E-state index contributed by atoms with van der Waals surface area (Å²) in [6.45, 7) is 7.11. The zero-order valence-electron chi connectivity index (χ0n) is 9.03. The molecule has 0 saturated heterocycles. The van der Waals surface area contributed by atoms with Crippen molar-refractivity contribution in [2.45, 2.75) is 38.9 Å². The fourth-order valence-electron chi connectivity index (χ4n) is 0.685. The van der Waals surface area contributed by atoms with E-state index in [1.54, 1.807) is 33.7 Å². The van der Waals surface area contributed by atoms with Crippen molar-refractivity contribution in [1.29, 1.82) is 0 Å². The van der Waals surface area contributed by atoms with Gasteiger partial charge in [0.25, 0.3) is 0 Å². The molecule has 0 amide bonds. The topological polar surface area (TPSA) is 58.1 Å². The van der Waals surface area contributed by atoms with Crippen LogP contribution in [0.1, 0.15) is 27.7 Å². The van der Waals surface area contributed by atoms with Gasteiger partial charge in [-0.2, -0.15) is 5.10 Å². The first-order valence-electron chi connectivity index (χ1n) is 4.55. The van der Waals surface area contributed by atoms with Crippen LogP contribution in [0, 0.1) is 0 Å². The minimum absolute atomic E-state index is 0.635. The molecule has 1 aromatic heterocycles. The molecule has 1 radical (unpaired) electrons. The van der Waals surface area contributed by atoms with E-state index in [-0.39, 0.29) is 0 Å². The maximum Gasteiger partial charge on any atom is 0.334 e. The van der Waals surface area contributed by atoms with Crippen molar-refractivity contribution >= 4 is 12.9 Å². The fourth-order valence-corrected chi connectivity index (χ4v) is 0.685. The second-order valence-corrected chi connectivity index (χ2v) is 4.34. The highest BCUT2D eigenvalue weighted by atomic mass is 16.5. The van der Waals surface area contributed by atoms with Crippen LogP contribution in [0.5, 0.6) is 0 Å². The highest BCUT2D eigenvalue weighted by Crippen LogP contribution is 2.23. The van der Waals surface area contributed by atoms with Gasteiger partial charge in [0.05, 0.1) is 11.2 Å². The summed E-state index contributed by atoms with van der Waals surface area (Å²) in [6, 6.07) is 0. The maximum absolute atomic E-state index is 9.81. The van der Waals surface area contributed by atoms with E-state index in [4.69, 9.17) is 4.65 Å². The Hall–Kier alpha value is -0.805. The molecule has 77 valence electrons. The number of aromatic nitrogens is 2. The van der Waals surface area contributed by atoms with Gasteiger partial charge in [-0.1, -0.05) is 0 Å². The molecule has 1 heterocycles. The third-order valence-corrected chi connectivity index (χ3v) is 2.48. The first-order chi connectivity index (χ1) is 6.33. The number of H-pyrrole nitrogens is 1. The average Bonchev–Trinajstić information content (AvgIpc) is 2.50. The second-order valence-electron chi connectivity index (χ2n) is 4.34. The second kappa shape index (κ2) is 3.75. The molecule has 1 rings (SSSR count). The Labute approximate surface area is 84.9 Å². The van der Waals surface area contributed by atoms with E-state index in [1.807, 2.05) is 13.8 Å². The summed E-state index contributed by atoms with van der Waals surface area (Å²) in [6.07, 6.45) is 3.38. The predicted octanol–water partition coefficient (Wildman–Crippen LogP) is 0.220. The van der Waals surface area contributed by atoms with Crippen LogP contribution in [0.4, 0.5) is 0 Å². The quantitative estimate of drug-likeness (QED) is 0.675. The van der Waals surface area contributed by atoms with Crippen molar-refractivity contribution in [3.05, 3.63) is 12.4 Å². The lowest BCUT2D eigenvalue weighted by Crippen LogP contribution is -2.49. The Morgan fingerprint density at radius 2 is 2.07 bits per heavy atom. The number of hydrogen-bond donors (Lipinski definition) is 2. The third kappa shape index (κ3) is 2.59. The average molecular weight is 195 g/mol. The van der Waals surface area contributed by atoms with Gasteiger partial charge in [0.15, 0.2) is 0 Å². The zero-order chi connectivity index (χ0) is 10.8. The Kier molecular flexibility index (Phi) is 3.02. The lowest BCUT2D eigenvalue weighted by molar-refractivity contribution is -0.0893. The van der Waals surface area contributed by atoms with Crippen molar-refractivity contribution in [2.24, 2.45) is 0 Å². The van der Waals surface area contributed by atoms with Crippen molar-refractivity contribution in [3.63, 3.8) is 0 Å². The van der Waals surface area contributed by atoms with Crippen LogP contribution in [0.25, 0.3) is 0 Å². The summed E-state index contributed by atoms with van der Waals surface area (Å²) in [7, 11) is 1.58. The molecule has 1 aromatic rings. The molecule has 0 aromatic carbocycles. The van der Waals surface area contributed by atoms with Crippen molar-refractivity contribution in [1.82, 2.24) is 10.2 Å². The number of aromatic amines is 1. The molecule has 0 saturated carbocycles. The number of rotatable bonds is 4. The first kappa shape index (κ1) is 11.3. The number of nitrogens with zero attached hydrogens (tertiary/aromatic N) is 1. The molecule has 4 nitrogen and oxygen atoms in total. The van der Waals surface area contributed by atoms with Gasteiger partial charge in [0, 0.05) is 12.4 Å². The number of aliphatic hydroxyl groups is 1. The first-order valence-corrected chi connectivity index (χ1v) is 4.55. The van der Waals surface area contributed by atoms with Crippen LogP contribution in [0.3, 0.4) is 0 Å². The Bertz CT molecular complexity index is 278. The molecule has 0 aliphatic rings. The van der Waals surface area contributed by atoms with Gasteiger partial charge in [0.1, 0.15) is 0 Å². The van der Waals surface area contributed by atoms with Crippen molar-refractivity contribution in [3.8, 4) is 0 Å². The highest BCUT2D eigenvalue weighted by Gasteiger charge is 2.35. The van der Waals surface area contributed by atoms with E-state index in [0.717, 1.165) is 5.46 Å². The third-order valence-electron chi connectivity index (χ3n) is 2.48. The summed E-state index contributed by atoms with van der Waals surface area (Å²) in [5.74, 6) is 0. The minimum Gasteiger partial charge on any atom is -0.427 e. The van der Waals surface area contributed by atoms with Crippen LogP contribution in [0.2, 0.25) is 0 Å². The molecule has 0 aliphatic carbocycles. The molecular formula is C9H16BN2O2. The smallest absolute Gasteiger partial charge is 0.334 e. The summed E-state index contributed by atoms with van der Waals surface area (Å²) < 4.78 is 5.50. The number of nitrogens with one attached hydrogen (secondary N) is 1. The van der Waals surface area contributed by atoms with Gasteiger partial charge in [0.2, 0.25) is 0 Å². The molecule has 0 fully saturated rings. The van der Waals surface area contributed by atoms with Gasteiger partial charge in [-0.25, -0.2) is 0 Å².